The van der Waals surface area contributed by atoms with E-state index in [9.17, 15) is 10.0 Å². The van der Waals surface area contributed by atoms with E-state index in [2.05, 4.69) is 9.89 Å². The van der Waals surface area contributed by atoms with Crippen molar-refractivity contribution in [3.05, 3.63) is 59.7 Å². The first-order valence-electron chi connectivity index (χ1n) is 7.56. The number of rotatable bonds is 2. The van der Waals surface area contributed by atoms with Gasteiger partial charge in [0.05, 0.1) is 5.56 Å². The smallest absolute Gasteiger partial charge is 0.281 e. The lowest BCUT2D eigenvalue weighted by atomic mass is 10.1. The van der Waals surface area contributed by atoms with Crippen molar-refractivity contribution in [2.75, 3.05) is 18.0 Å². The third kappa shape index (κ3) is 3.03. The summed E-state index contributed by atoms with van der Waals surface area (Å²) in [5, 5.41) is 9.68. The highest BCUT2D eigenvalue weighted by Crippen LogP contribution is 2.24. The molecule has 0 unspecified atom stereocenters. The number of hydrogen-bond donors (Lipinski definition) is 1. The van der Waals surface area contributed by atoms with Gasteiger partial charge in [-0.05, 0) is 43.5 Å². The van der Waals surface area contributed by atoms with Crippen molar-refractivity contribution < 1.29 is 10.0 Å². The number of amides is 1. The van der Waals surface area contributed by atoms with Crippen molar-refractivity contribution in [3.63, 3.8) is 0 Å². The van der Waals surface area contributed by atoms with Crippen LogP contribution in [0.15, 0.2) is 53.7 Å². The number of carbonyl (C=O) groups is 1. The van der Waals surface area contributed by atoms with Gasteiger partial charge in [0.15, 0.2) is 5.49 Å². The summed E-state index contributed by atoms with van der Waals surface area (Å²) in [6.45, 7) is 1.94. The number of aromatic nitrogens is 1. The molecule has 0 aliphatic carbocycles. The van der Waals surface area contributed by atoms with E-state index in [1.54, 1.807) is 24.3 Å². The minimum absolute atomic E-state index is 0.223. The molecule has 0 spiro atoms. The fourth-order valence-electron chi connectivity index (χ4n) is 2.74. The Morgan fingerprint density at radius 1 is 1.00 bits per heavy atom. The maximum Gasteiger partial charge on any atom is 0.281 e. The minimum Gasteiger partial charge on any atom is -0.427 e. The SMILES string of the molecule is O=C(N=c1ccccn1O)c1ccccc1N1CCCCC1. The van der Waals surface area contributed by atoms with Gasteiger partial charge in [-0.25, -0.2) is 0 Å². The molecule has 2 heterocycles. The molecule has 22 heavy (non-hydrogen) atoms. The Hall–Kier alpha value is -2.56. The molecule has 0 saturated carbocycles. The molecule has 3 rings (SSSR count). The second kappa shape index (κ2) is 6.47. The monoisotopic (exact) mass is 297 g/mol. The van der Waals surface area contributed by atoms with E-state index in [0.717, 1.165) is 36.3 Å². The highest BCUT2D eigenvalue weighted by molar-refractivity contribution is 6.00. The van der Waals surface area contributed by atoms with Gasteiger partial charge in [-0.15, -0.1) is 0 Å². The van der Waals surface area contributed by atoms with Crippen LogP contribution in [-0.4, -0.2) is 28.9 Å². The van der Waals surface area contributed by atoms with Crippen molar-refractivity contribution in [1.82, 2.24) is 4.73 Å². The molecule has 0 radical (unpaired) electrons. The average molecular weight is 297 g/mol. The van der Waals surface area contributed by atoms with E-state index in [1.165, 1.54) is 12.6 Å². The number of para-hydroxylation sites is 1. The zero-order chi connectivity index (χ0) is 15.4. The summed E-state index contributed by atoms with van der Waals surface area (Å²) in [4.78, 5) is 18.8. The summed E-state index contributed by atoms with van der Waals surface area (Å²) in [5.41, 5.74) is 1.73. The maximum absolute atomic E-state index is 12.5. The van der Waals surface area contributed by atoms with Crippen molar-refractivity contribution in [2.24, 2.45) is 4.99 Å². The van der Waals surface area contributed by atoms with Crippen LogP contribution in [0.5, 0.6) is 0 Å². The van der Waals surface area contributed by atoms with Gasteiger partial charge >= 0.3 is 0 Å². The Morgan fingerprint density at radius 2 is 1.73 bits per heavy atom. The Balaban J connectivity index is 1.96. The number of hydrogen-bond acceptors (Lipinski definition) is 3. The van der Waals surface area contributed by atoms with Crippen LogP contribution in [0.1, 0.15) is 29.6 Å². The number of pyridine rings is 1. The van der Waals surface area contributed by atoms with E-state index in [0.29, 0.717) is 5.56 Å². The summed E-state index contributed by atoms with van der Waals surface area (Å²) in [6, 6.07) is 12.5. The van der Waals surface area contributed by atoms with Crippen molar-refractivity contribution in [3.8, 4) is 0 Å². The number of anilines is 1. The minimum atomic E-state index is -0.338. The van der Waals surface area contributed by atoms with Gasteiger partial charge in [0, 0.05) is 25.0 Å². The number of benzene rings is 1. The topological polar surface area (TPSA) is 57.8 Å². The first-order valence-corrected chi connectivity index (χ1v) is 7.56. The molecule has 1 aromatic carbocycles. The number of nitrogens with zero attached hydrogens (tertiary/aromatic N) is 3. The predicted octanol–water partition coefficient (Wildman–Crippen LogP) is 2.46. The molecule has 1 aliphatic heterocycles. The van der Waals surface area contributed by atoms with Crippen LogP contribution in [0.25, 0.3) is 0 Å². The highest BCUT2D eigenvalue weighted by atomic mass is 16.5. The van der Waals surface area contributed by atoms with Gasteiger partial charge in [0.25, 0.3) is 5.91 Å². The summed E-state index contributed by atoms with van der Waals surface area (Å²) in [5.74, 6) is -0.338. The van der Waals surface area contributed by atoms with E-state index in [-0.39, 0.29) is 11.4 Å². The van der Waals surface area contributed by atoms with Crippen LogP contribution < -0.4 is 10.4 Å². The van der Waals surface area contributed by atoms with Crippen molar-refractivity contribution in [2.45, 2.75) is 19.3 Å². The van der Waals surface area contributed by atoms with Crippen LogP contribution in [0.4, 0.5) is 5.69 Å². The normalized spacial score (nSPS) is 15.8. The maximum atomic E-state index is 12.5. The quantitative estimate of drug-likeness (QED) is 0.866. The van der Waals surface area contributed by atoms with Crippen molar-refractivity contribution >= 4 is 11.6 Å². The zero-order valence-corrected chi connectivity index (χ0v) is 12.4. The summed E-state index contributed by atoms with van der Waals surface area (Å²) >= 11 is 0. The lowest BCUT2D eigenvalue weighted by molar-refractivity contribution is 0.0988. The fourth-order valence-corrected chi connectivity index (χ4v) is 2.74. The average Bonchev–Trinajstić information content (AvgIpc) is 2.58. The van der Waals surface area contributed by atoms with Gasteiger partial charge in [0.1, 0.15) is 0 Å². The molecule has 1 aliphatic rings. The molecule has 2 aromatic rings. The molecule has 0 atom stereocenters. The largest absolute Gasteiger partial charge is 0.427 e. The molecule has 1 saturated heterocycles. The second-order valence-electron chi connectivity index (χ2n) is 5.39. The van der Waals surface area contributed by atoms with E-state index in [4.69, 9.17) is 0 Å². The molecular weight excluding hydrogens is 278 g/mol. The van der Waals surface area contributed by atoms with Crippen LogP contribution >= 0.6 is 0 Å². The van der Waals surface area contributed by atoms with E-state index in [1.807, 2.05) is 18.2 Å². The molecule has 5 nitrogen and oxygen atoms in total. The van der Waals surface area contributed by atoms with Crippen LogP contribution in [-0.2, 0) is 0 Å². The van der Waals surface area contributed by atoms with Gasteiger partial charge in [-0.1, -0.05) is 18.2 Å². The molecule has 1 amide bonds. The second-order valence-corrected chi connectivity index (χ2v) is 5.39. The van der Waals surface area contributed by atoms with E-state index >= 15 is 0 Å². The Morgan fingerprint density at radius 3 is 2.50 bits per heavy atom. The molecule has 1 aromatic heterocycles. The van der Waals surface area contributed by atoms with Crippen molar-refractivity contribution in [1.29, 1.82) is 0 Å². The lowest BCUT2D eigenvalue weighted by Crippen LogP contribution is -2.30. The first-order chi connectivity index (χ1) is 10.8. The Labute approximate surface area is 129 Å². The number of piperidine rings is 1. The summed E-state index contributed by atoms with van der Waals surface area (Å²) < 4.78 is 0.849. The van der Waals surface area contributed by atoms with Crippen LogP contribution in [0.2, 0.25) is 0 Å². The molecular formula is C17H19N3O2. The van der Waals surface area contributed by atoms with Gasteiger partial charge in [-0.2, -0.15) is 9.72 Å². The molecule has 1 N–H and O–H groups in total. The third-order valence-corrected chi connectivity index (χ3v) is 3.87. The van der Waals surface area contributed by atoms with Crippen LogP contribution in [0.3, 0.4) is 0 Å². The summed E-state index contributed by atoms with van der Waals surface area (Å²) in [7, 11) is 0. The molecule has 114 valence electrons. The molecule has 1 fully saturated rings. The van der Waals surface area contributed by atoms with Crippen LogP contribution in [0, 0.1) is 0 Å². The van der Waals surface area contributed by atoms with Gasteiger partial charge < -0.3 is 10.1 Å². The zero-order valence-electron chi connectivity index (χ0n) is 12.4. The fraction of sp³-hybridized carbons (Fsp3) is 0.294. The third-order valence-electron chi connectivity index (χ3n) is 3.87. The standard InChI is InChI=1S/C17H19N3O2/c21-17(18-16-10-4-7-13-20(16)22)14-8-2-3-9-15(14)19-11-5-1-6-12-19/h2-4,7-10,13,22H,1,5-6,11-12H2. The Kier molecular flexibility index (Phi) is 4.23. The lowest BCUT2D eigenvalue weighted by Gasteiger charge is -2.29. The Bertz CT molecular complexity index is 730. The first kappa shape index (κ1) is 14.4. The van der Waals surface area contributed by atoms with Gasteiger partial charge in [0.2, 0.25) is 0 Å². The summed E-state index contributed by atoms with van der Waals surface area (Å²) in [6.07, 6.45) is 4.98. The predicted molar refractivity (Wildman–Crippen MR) is 84.0 cm³/mol. The van der Waals surface area contributed by atoms with Gasteiger partial charge in [-0.3, -0.25) is 4.79 Å². The molecule has 5 heteroatoms. The van der Waals surface area contributed by atoms with E-state index < -0.39 is 0 Å². The number of carbonyl (C=O) groups excluding carboxylic acids is 1. The highest BCUT2D eigenvalue weighted by Gasteiger charge is 2.17. The molecule has 0 bridgehead atoms.